The van der Waals surface area contributed by atoms with Gasteiger partial charge in [0.1, 0.15) is 16.8 Å². The van der Waals surface area contributed by atoms with Gasteiger partial charge >= 0.3 is 0 Å². The maximum atomic E-state index is 9.36. The van der Waals surface area contributed by atoms with E-state index in [1.54, 1.807) is 30.3 Å². The van der Waals surface area contributed by atoms with Crippen LogP contribution in [-0.2, 0) is 0 Å². The number of halogens is 3. The van der Waals surface area contributed by atoms with Crippen LogP contribution in [0.25, 0.3) is 22.9 Å². The van der Waals surface area contributed by atoms with Crippen molar-refractivity contribution >= 4 is 62.1 Å². The molecule has 0 aliphatic heterocycles. The molecule has 0 amide bonds. The Morgan fingerprint density at radius 1 is 1.26 bits per heavy atom. The van der Waals surface area contributed by atoms with Crippen LogP contribution in [0.15, 0.2) is 44.8 Å². The summed E-state index contributed by atoms with van der Waals surface area (Å²) in [4.78, 5) is 4.50. The number of aromatic nitrogens is 1. The maximum absolute atomic E-state index is 9.36. The number of allylic oxidation sites excluding steroid dienone is 1. The fourth-order valence-electron chi connectivity index (χ4n) is 1.88. The minimum atomic E-state index is 0.433. The number of furan rings is 1. The van der Waals surface area contributed by atoms with Crippen molar-refractivity contribution in [3.8, 4) is 17.3 Å². The molecule has 7 heteroatoms. The van der Waals surface area contributed by atoms with Crippen molar-refractivity contribution < 1.29 is 4.42 Å². The molecule has 3 nitrogen and oxygen atoms in total. The topological polar surface area (TPSA) is 49.8 Å². The minimum Gasteiger partial charge on any atom is -0.450 e. The van der Waals surface area contributed by atoms with Crippen molar-refractivity contribution in [1.29, 1.82) is 5.26 Å². The van der Waals surface area contributed by atoms with E-state index in [4.69, 9.17) is 27.6 Å². The number of hydrogen-bond donors (Lipinski definition) is 0. The SMILES string of the molecule is N#C/C(=C\c1ccc(Br)o1)c1nc(-c2ccc(Cl)c(Cl)c2)cs1. The van der Waals surface area contributed by atoms with E-state index in [0.29, 0.717) is 31.1 Å². The van der Waals surface area contributed by atoms with Crippen LogP contribution >= 0.6 is 50.5 Å². The number of rotatable bonds is 3. The zero-order chi connectivity index (χ0) is 16.4. The smallest absolute Gasteiger partial charge is 0.169 e. The lowest BCUT2D eigenvalue weighted by Crippen LogP contribution is -1.83. The molecule has 0 unspecified atom stereocenters. The van der Waals surface area contributed by atoms with E-state index in [1.165, 1.54) is 11.3 Å². The van der Waals surface area contributed by atoms with Crippen LogP contribution in [0.1, 0.15) is 10.8 Å². The highest BCUT2D eigenvalue weighted by molar-refractivity contribution is 9.10. The van der Waals surface area contributed by atoms with Crippen molar-refractivity contribution in [3.63, 3.8) is 0 Å². The van der Waals surface area contributed by atoms with Crippen molar-refractivity contribution in [2.24, 2.45) is 0 Å². The second kappa shape index (κ2) is 6.90. The molecule has 3 rings (SSSR count). The van der Waals surface area contributed by atoms with Crippen LogP contribution in [-0.4, -0.2) is 4.98 Å². The summed E-state index contributed by atoms with van der Waals surface area (Å²) in [7, 11) is 0. The van der Waals surface area contributed by atoms with Gasteiger partial charge < -0.3 is 4.42 Å². The van der Waals surface area contributed by atoms with Gasteiger partial charge in [-0.1, -0.05) is 29.3 Å². The van der Waals surface area contributed by atoms with Gasteiger partial charge in [-0.25, -0.2) is 4.98 Å². The Morgan fingerprint density at radius 2 is 2.09 bits per heavy atom. The van der Waals surface area contributed by atoms with Crippen LogP contribution in [0, 0.1) is 11.3 Å². The van der Waals surface area contributed by atoms with Gasteiger partial charge in [0.25, 0.3) is 0 Å². The van der Waals surface area contributed by atoms with Gasteiger partial charge in [0.05, 0.1) is 21.3 Å². The Hall–Kier alpha value is -1.58. The van der Waals surface area contributed by atoms with Gasteiger partial charge in [-0.3, -0.25) is 0 Å². The molecule has 23 heavy (non-hydrogen) atoms. The summed E-state index contributed by atoms with van der Waals surface area (Å²) in [5.74, 6) is 0.583. The first-order valence-electron chi connectivity index (χ1n) is 6.35. The molecule has 0 N–H and O–H groups in total. The first kappa shape index (κ1) is 16.3. The van der Waals surface area contributed by atoms with Crippen molar-refractivity contribution in [3.05, 3.63) is 61.2 Å². The van der Waals surface area contributed by atoms with Crippen molar-refractivity contribution in [1.82, 2.24) is 4.98 Å². The van der Waals surface area contributed by atoms with Crippen LogP contribution in [0.4, 0.5) is 0 Å². The molecule has 3 aromatic rings. The number of nitriles is 1. The molecule has 0 saturated heterocycles. The number of thiazole rings is 1. The van der Waals surface area contributed by atoms with Gasteiger partial charge in [-0.2, -0.15) is 5.26 Å². The highest BCUT2D eigenvalue weighted by atomic mass is 79.9. The summed E-state index contributed by atoms with van der Waals surface area (Å²) >= 11 is 16.6. The third-order valence-corrected chi connectivity index (χ3v) is 4.99. The van der Waals surface area contributed by atoms with E-state index < -0.39 is 0 Å². The van der Waals surface area contributed by atoms with Crippen LogP contribution < -0.4 is 0 Å². The Bertz CT molecular complexity index is 940. The predicted molar refractivity (Wildman–Crippen MR) is 97.5 cm³/mol. The van der Waals surface area contributed by atoms with Gasteiger partial charge in [0.2, 0.25) is 0 Å². The molecule has 0 aliphatic carbocycles. The molecule has 2 aromatic heterocycles. The Labute approximate surface area is 154 Å². The Balaban J connectivity index is 1.95. The summed E-state index contributed by atoms with van der Waals surface area (Å²) < 4.78 is 6.00. The van der Waals surface area contributed by atoms with Crippen LogP contribution in [0.3, 0.4) is 0 Å². The molecular weight excluding hydrogens is 419 g/mol. The number of nitrogens with zero attached hydrogens (tertiary/aromatic N) is 2. The Kier molecular flexibility index (Phi) is 4.88. The molecule has 0 radical (unpaired) electrons. The molecule has 2 heterocycles. The second-order valence-electron chi connectivity index (χ2n) is 4.48. The number of benzene rings is 1. The zero-order valence-corrected chi connectivity index (χ0v) is 15.3. The van der Waals surface area contributed by atoms with Gasteiger partial charge in [0, 0.05) is 17.0 Å². The molecular formula is C16H7BrCl2N2OS. The number of hydrogen-bond acceptors (Lipinski definition) is 4. The van der Waals surface area contributed by atoms with Crippen LogP contribution in [0.2, 0.25) is 10.0 Å². The van der Waals surface area contributed by atoms with Crippen molar-refractivity contribution in [2.75, 3.05) is 0 Å². The second-order valence-corrected chi connectivity index (χ2v) is 6.93. The van der Waals surface area contributed by atoms with E-state index in [9.17, 15) is 5.26 Å². The summed E-state index contributed by atoms with van der Waals surface area (Å²) in [5.41, 5.74) is 2.02. The summed E-state index contributed by atoms with van der Waals surface area (Å²) in [6.07, 6.45) is 1.65. The molecule has 0 spiro atoms. The standard InChI is InChI=1S/C16H7BrCl2N2OS/c17-15-4-2-11(22-15)5-10(7-20)16-21-14(8-23-16)9-1-3-12(18)13(19)6-9/h1-6,8H/b10-5+. The largest absolute Gasteiger partial charge is 0.450 e. The molecule has 1 aromatic carbocycles. The average Bonchev–Trinajstić information content (AvgIpc) is 3.17. The van der Waals surface area contributed by atoms with E-state index in [1.807, 2.05) is 11.4 Å². The first-order valence-corrected chi connectivity index (χ1v) is 8.78. The average molecular weight is 426 g/mol. The lowest BCUT2D eigenvalue weighted by atomic mass is 10.2. The normalized spacial score (nSPS) is 11.5. The highest BCUT2D eigenvalue weighted by Crippen LogP contribution is 2.31. The van der Waals surface area contributed by atoms with E-state index >= 15 is 0 Å². The fraction of sp³-hybridized carbons (Fsp3) is 0. The molecule has 0 atom stereocenters. The summed E-state index contributed by atoms with van der Waals surface area (Å²) in [5, 5.41) is 12.8. The molecule has 0 bridgehead atoms. The molecule has 0 aliphatic rings. The molecule has 0 saturated carbocycles. The third kappa shape index (κ3) is 3.67. The zero-order valence-electron chi connectivity index (χ0n) is 11.4. The maximum Gasteiger partial charge on any atom is 0.169 e. The lowest BCUT2D eigenvalue weighted by Gasteiger charge is -1.99. The fourth-order valence-corrected chi connectivity index (χ4v) is 3.29. The molecule has 114 valence electrons. The quantitative estimate of drug-likeness (QED) is 0.447. The minimum absolute atomic E-state index is 0.433. The van der Waals surface area contributed by atoms with Gasteiger partial charge in [-0.05, 0) is 40.2 Å². The van der Waals surface area contributed by atoms with Crippen LogP contribution in [0.5, 0.6) is 0 Å². The first-order chi connectivity index (χ1) is 11.1. The highest BCUT2D eigenvalue weighted by Gasteiger charge is 2.11. The lowest BCUT2D eigenvalue weighted by molar-refractivity contribution is 0.532. The third-order valence-electron chi connectivity index (χ3n) is 2.95. The van der Waals surface area contributed by atoms with E-state index in [0.717, 1.165) is 11.3 Å². The van der Waals surface area contributed by atoms with Crippen molar-refractivity contribution in [2.45, 2.75) is 0 Å². The predicted octanol–water partition coefficient (Wildman–Crippen LogP) is 6.54. The monoisotopic (exact) mass is 424 g/mol. The van der Waals surface area contributed by atoms with Gasteiger partial charge in [-0.15, -0.1) is 11.3 Å². The van der Waals surface area contributed by atoms with Gasteiger partial charge in [0.15, 0.2) is 4.67 Å². The summed E-state index contributed by atoms with van der Waals surface area (Å²) in [6, 6.07) is 11.0. The Morgan fingerprint density at radius 3 is 2.74 bits per heavy atom. The summed E-state index contributed by atoms with van der Waals surface area (Å²) in [6.45, 7) is 0. The van der Waals surface area contributed by atoms with E-state index in [2.05, 4.69) is 27.0 Å². The molecule has 0 fully saturated rings. The van der Waals surface area contributed by atoms with E-state index in [-0.39, 0.29) is 0 Å².